The van der Waals surface area contributed by atoms with Gasteiger partial charge in [-0.05, 0) is 31.0 Å². The molecule has 1 aromatic rings. The van der Waals surface area contributed by atoms with Gasteiger partial charge in [0.05, 0.1) is 11.8 Å². The Morgan fingerprint density at radius 1 is 1.59 bits per heavy atom. The summed E-state index contributed by atoms with van der Waals surface area (Å²) in [6, 6.07) is 4.41. The molecular formula is C12H16N2O3. The third-order valence-corrected chi connectivity index (χ3v) is 2.80. The number of aromatic hydroxyl groups is 1. The average Bonchev–Trinajstić information content (AvgIpc) is 2.82. The van der Waals surface area contributed by atoms with Gasteiger partial charge in [0.2, 0.25) is 0 Å². The highest BCUT2D eigenvalue weighted by Gasteiger charge is 2.16. The molecule has 1 aliphatic rings. The fourth-order valence-electron chi connectivity index (χ4n) is 1.81. The summed E-state index contributed by atoms with van der Waals surface area (Å²) >= 11 is 0. The number of anilines is 1. The SMILES string of the molecule is Nc1cc(C(=O)NCC2CCCO2)ccc1O. The van der Waals surface area contributed by atoms with E-state index in [0.29, 0.717) is 12.1 Å². The second kappa shape index (κ2) is 5.05. The third-order valence-electron chi connectivity index (χ3n) is 2.80. The predicted molar refractivity (Wildman–Crippen MR) is 63.8 cm³/mol. The topological polar surface area (TPSA) is 84.6 Å². The van der Waals surface area contributed by atoms with Crippen LogP contribution < -0.4 is 11.1 Å². The molecule has 0 aromatic heterocycles. The van der Waals surface area contributed by atoms with Crippen LogP contribution >= 0.6 is 0 Å². The van der Waals surface area contributed by atoms with Gasteiger partial charge >= 0.3 is 0 Å². The second-order valence-corrected chi connectivity index (χ2v) is 4.12. The molecule has 1 atom stereocenters. The third kappa shape index (κ3) is 2.88. The molecule has 17 heavy (non-hydrogen) atoms. The van der Waals surface area contributed by atoms with Gasteiger partial charge in [-0.25, -0.2) is 0 Å². The lowest BCUT2D eigenvalue weighted by molar-refractivity contribution is 0.0858. The van der Waals surface area contributed by atoms with Crippen LogP contribution in [0.4, 0.5) is 5.69 Å². The molecule has 0 aliphatic carbocycles. The van der Waals surface area contributed by atoms with E-state index < -0.39 is 0 Å². The standard InChI is InChI=1S/C12H16N2O3/c13-10-6-8(3-4-11(10)15)12(16)14-7-9-2-1-5-17-9/h3-4,6,9,15H,1-2,5,7,13H2,(H,14,16). The van der Waals surface area contributed by atoms with Crippen molar-refractivity contribution in [3.8, 4) is 5.75 Å². The highest BCUT2D eigenvalue weighted by atomic mass is 16.5. The lowest BCUT2D eigenvalue weighted by Crippen LogP contribution is -2.31. The number of rotatable bonds is 3. The van der Waals surface area contributed by atoms with Crippen LogP contribution in [-0.4, -0.2) is 30.3 Å². The summed E-state index contributed by atoms with van der Waals surface area (Å²) in [5.74, 6) is -0.215. The van der Waals surface area contributed by atoms with E-state index in [1.807, 2.05) is 0 Å². The number of nitrogens with one attached hydrogen (secondary N) is 1. The van der Waals surface area contributed by atoms with E-state index in [2.05, 4.69) is 5.32 Å². The van der Waals surface area contributed by atoms with E-state index in [1.165, 1.54) is 18.2 Å². The van der Waals surface area contributed by atoms with E-state index in [9.17, 15) is 9.90 Å². The van der Waals surface area contributed by atoms with Gasteiger partial charge in [-0.1, -0.05) is 0 Å². The van der Waals surface area contributed by atoms with Crippen LogP contribution in [0.2, 0.25) is 0 Å². The Hall–Kier alpha value is -1.75. The van der Waals surface area contributed by atoms with Crippen molar-refractivity contribution in [2.75, 3.05) is 18.9 Å². The number of nitrogen functional groups attached to an aromatic ring is 1. The average molecular weight is 236 g/mol. The highest BCUT2D eigenvalue weighted by molar-refractivity contribution is 5.95. The van der Waals surface area contributed by atoms with Crippen LogP contribution in [0.25, 0.3) is 0 Å². The van der Waals surface area contributed by atoms with Crippen LogP contribution in [0, 0.1) is 0 Å². The molecule has 0 bridgehead atoms. The smallest absolute Gasteiger partial charge is 0.251 e. The summed E-state index contributed by atoms with van der Waals surface area (Å²) in [7, 11) is 0. The highest BCUT2D eigenvalue weighted by Crippen LogP contribution is 2.20. The van der Waals surface area contributed by atoms with Crippen molar-refractivity contribution in [2.45, 2.75) is 18.9 Å². The van der Waals surface area contributed by atoms with Crippen LogP contribution in [0.5, 0.6) is 5.75 Å². The van der Waals surface area contributed by atoms with Crippen LogP contribution in [-0.2, 0) is 4.74 Å². The minimum absolute atomic E-state index is 0.0133. The number of carbonyl (C=O) groups excluding carboxylic acids is 1. The lowest BCUT2D eigenvalue weighted by Gasteiger charge is -2.11. The summed E-state index contributed by atoms with van der Waals surface area (Å²) in [6.45, 7) is 1.28. The molecule has 1 saturated heterocycles. The maximum Gasteiger partial charge on any atom is 0.251 e. The molecule has 1 aliphatic heterocycles. The Bertz CT molecular complexity index is 414. The molecule has 5 heteroatoms. The van der Waals surface area contributed by atoms with Crippen LogP contribution in [0.1, 0.15) is 23.2 Å². The number of phenolic OH excluding ortho intramolecular Hbond substituents is 1. The van der Waals surface area contributed by atoms with Gasteiger partial charge in [0.1, 0.15) is 5.75 Å². The van der Waals surface area contributed by atoms with E-state index >= 15 is 0 Å². The monoisotopic (exact) mass is 236 g/mol. The maximum atomic E-state index is 11.8. The number of hydrogen-bond acceptors (Lipinski definition) is 4. The molecule has 0 saturated carbocycles. The number of amides is 1. The van der Waals surface area contributed by atoms with Crippen LogP contribution in [0.3, 0.4) is 0 Å². The zero-order chi connectivity index (χ0) is 12.3. The molecule has 1 heterocycles. The Balaban J connectivity index is 1.92. The second-order valence-electron chi connectivity index (χ2n) is 4.12. The first-order valence-corrected chi connectivity index (χ1v) is 5.65. The Morgan fingerprint density at radius 3 is 3.06 bits per heavy atom. The fourth-order valence-corrected chi connectivity index (χ4v) is 1.81. The number of carbonyl (C=O) groups is 1. The number of nitrogens with two attached hydrogens (primary N) is 1. The first kappa shape index (κ1) is 11.7. The van der Waals surface area contributed by atoms with E-state index in [1.54, 1.807) is 0 Å². The van der Waals surface area contributed by atoms with Crippen molar-refractivity contribution in [3.05, 3.63) is 23.8 Å². The van der Waals surface area contributed by atoms with E-state index in [-0.39, 0.29) is 23.4 Å². The van der Waals surface area contributed by atoms with E-state index in [4.69, 9.17) is 10.5 Å². The summed E-state index contributed by atoms with van der Waals surface area (Å²) in [6.07, 6.45) is 2.15. The van der Waals surface area contributed by atoms with Gasteiger partial charge in [-0.3, -0.25) is 4.79 Å². The van der Waals surface area contributed by atoms with E-state index in [0.717, 1.165) is 19.4 Å². The zero-order valence-electron chi connectivity index (χ0n) is 9.48. The molecule has 1 unspecified atom stereocenters. The van der Waals surface area contributed by atoms with Gasteiger partial charge in [0.15, 0.2) is 0 Å². The molecule has 1 amide bonds. The molecule has 1 fully saturated rings. The number of ether oxygens (including phenoxy) is 1. The Labute approximate surface area is 99.6 Å². The molecule has 0 spiro atoms. The quantitative estimate of drug-likeness (QED) is 0.537. The summed E-state index contributed by atoms with van der Waals surface area (Å²) in [5.41, 5.74) is 6.17. The van der Waals surface area contributed by atoms with Gasteiger partial charge in [-0.15, -0.1) is 0 Å². The molecule has 92 valence electrons. The molecular weight excluding hydrogens is 220 g/mol. The van der Waals surface area contributed by atoms with Crippen molar-refractivity contribution in [2.24, 2.45) is 0 Å². The lowest BCUT2D eigenvalue weighted by atomic mass is 10.1. The minimum atomic E-state index is -0.202. The minimum Gasteiger partial charge on any atom is -0.506 e. The Morgan fingerprint density at radius 2 is 2.41 bits per heavy atom. The number of phenols is 1. The summed E-state index contributed by atoms with van der Waals surface area (Å²) in [5, 5.41) is 12.0. The Kier molecular flexibility index (Phi) is 3.49. The van der Waals surface area contributed by atoms with Crippen molar-refractivity contribution < 1.29 is 14.6 Å². The van der Waals surface area contributed by atoms with Gasteiger partial charge in [0.25, 0.3) is 5.91 Å². The maximum absolute atomic E-state index is 11.8. The number of benzene rings is 1. The van der Waals surface area contributed by atoms with Crippen molar-refractivity contribution in [1.82, 2.24) is 5.32 Å². The van der Waals surface area contributed by atoms with Gasteiger partial charge in [-0.2, -0.15) is 0 Å². The molecule has 1 aromatic carbocycles. The van der Waals surface area contributed by atoms with Crippen molar-refractivity contribution >= 4 is 11.6 Å². The zero-order valence-corrected chi connectivity index (χ0v) is 9.48. The van der Waals surface area contributed by atoms with Crippen molar-refractivity contribution in [1.29, 1.82) is 0 Å². The molecule has 0 radical (unpaired) electrons. The van der Waals surface area contributed by atoms with Crippen LogP contribution in [0.15, 0.2) is 18.2 Å². The fraction of sp³-hybridized carbons (Fsp3) is 0.417. The first-order chi connectivity index (χ1) is 8.16. The summed E-state index contributed by atoms with van der Waals surface area (Å²) in [4.78, 5) is 11.8. The summed E-state index contributed by atoms with van der Waals surface area (Å²) < 4.78 is 5.40. The number of hydrogen-bond donors (Lipinski definition) is 3. The molecule has 5 nitrogen and oxygen atoms in total. The first-order valence-electron chi connectivity index (χ1n) is 5.65. The predicted octanol–water partition coefficient (Wildman–Crippen LogP) is 0.883. The molecule has 4 N–H and O–H groups in total. The van der Waals surface area contributed by atoms with Gasteiger partial charge in [0, 0.05) is 18.7 Å². The largest absolute Gasteiger partial charge is 0.506 e. The van der Waals surface area contributed by atoms with Crippen molar-refractivity contribution in [3.63, 3.8) is 0 Å². The normalized spacial score (nSPS) is 19.2. The molecule has 2 rings (SSSR count). The van der Waals surface area contributed by atoms with Gasteiger partial charge < -0.3 is 20.9 Å².